The Morgan fingerprint density at radius 3 is 2.14 bits per heavy atom. The smallest absolute Gasteiger partial charge is 0.320 e. The summed E-state index contributed by atoms with van der Waals surface area (Å²) < 4.78 is 11.3. The van der Waals surface area contributed by atoms with E-state index in [1.54, 1.807) is 53.4 Å². The van der Waals surface area contributed by atoms with Crippen LogP contribution in [-0.2, 0) is 14.3 Å². The van der Waals surface area contributed by atoms with E-state index >= 15 is 0 Å². The van der Waals surface area contributed by atoms with Gasteiger partial charge >= 0.3 is 11.9 Å². The lowest BCUT2D eigenvalue weighted by Crippen LogP contribution is -2.59. The minimum absolute atomic E-state index is 0.229. The monoisotopic (exact) mass is 531 g/mol. The highest BCUT2D eigenvalue weighted by molar-refractivity contribution is 9.10. The van der Waals surface area contributed by atoms with Crippen LogP contribution in [0.3, 0.4) is 0 Å². The van der Waals surface area contributed by atoms with Gasteiger partial charge in [-0.1, -0.05) is 58.4 Å². The molecule has 0 radical (unpaired) electrons. The summed E-state index contributed by atoms with van der Waals surface area (Å²) in [6.45, 7) is 0. The molecular formula is C27H18BrNO6. The number of ether oxygens (including phenoxy) is 2. The van der Waals surface area contributed by atoms with Gasteiger partial charge in [-0.15, -0.1) is 0 Å². The molecule has 2 fully saturated rings. The first kappa shape index (κ1) is 21.7. The largest absolute Gasteiger partial charge is 0.497 e. The van der Waals surface area contributed by atoms with Crippen LogP contribution in [-0.4, -0.2) is 36.2 Å². The van der Waals surface area contributed by atoms with Crippen LogP contribution in [0.1, 0.15) is 32.3 Å². The maximum absolute atomic E-state index is 14.2. The Morgan fingerprint density at radius 2 is 1.51 bits per heavy atom. The number of hydrogen-bond donors (Lipinski definition) is 0. The van der Waals surface area contributed by atoms with Crippen LogP contribution in [0.4, 0.5) is 5.69 Å². The first-order chi connectivity index (χ1) is 16.9. The quantitative estimate of drug-likeness (QED) is 0.370. The number of halogens is 1. The minimum Gasteiger partial charge on any atom is -0.497 e. The lowest BCUT2D eigenvalue weighted by atomic mass is 9.76. The number of carbonyl (C=O) groups is 4. The molecule has 3 aromatic carbocycles. The van der Waals surface area contributed by atoms with Crippen LogP contribution >= 0.6 is 15.9 Å². The van der Waals surface area contributed by atoms with Gasteiger partial charge in [-0.3, -0.25) is 19.2 Å². The number of esters is 2. The third kappa shape index (κ3) is 2.77. The van der Waals surface area contributed by atoms with Gasteiger partial charge in [0.15, 0.2) is 17.1 Å². The predicted molar refractivity (Wildman–Crippen MR) is 128 cm³/mol. The Bertz CT molecular complexity index is 1400. The lowest BCUT2D eigenvalue weighted by Gasteiger charge is -2.39. The maximum atomic E-state index is 14.2. The number of methoxy groups -OCH3 is 1. The van der Waals surface area contributed by atoms with Crippen molar-refractivity contribution in [2.75, 3.05) is 12.0 Å². The fourth-order valence-electron chi connectivity index (χ4n) is 5.82. The first-order valence-corrected chi connectivity index (χ1v) is 11.8. The van der Waals surface area contributed by atoms with E-state index in [-0.39, 0.29) is 11.1 Å². The van der Waals surface area contributed by atoms with E-state index in [1.165, 1.54) is 7.11 Å². The van der Waals surface area contributed by atoms with Gasteiger partial charge in [-0.05, 0) is 29.8 Å². The highest BCUT2D eigenvalue weighted by Crippen LogP contribution is 2.60. The zero-order valence-corrected chi connectivity index (χ0v) is 20.0. The first-order valence-electron chi connectivity index (χ1n) is 11.0. The Morgan fingerprint density at radius 1 is 0.857 bits per heavy atom. The van der Waals surface area contributed by atoms with Crippen LogP contribution in [0.25, 0.3) is 0 Å². The van der Waals surface area contributed by atoms with E-state index in [4.69, 9.17) is 9.47 Å². The zero-order valence-electron chi connectivity index (χ0n) is 18.4. The van der Waals surface area contributed by atoms with E-state index < -0.39 is 46.9 Å². The molecule has 0 aromatic heterocycles. The van der Waals surface area contributed by atoms with Crippen molar-refractivity contribution in [2.45, 2.75) is 11.6 Å². The van der Waals surface area contributed by atoms with Crippen molar-refractivity contribution in [2.24, 2.45) is 11.8 Å². The molecule has 3 atom stereocenters. The Labute approximate surface area is 208 Å². The molecule has 0 saturated carbocycles. The summed E-state index contributed by atoms with van der Waals surface area (Å²) in [5, 5.41) is 0. The van der Waals surface area contributed by atoms with Gasteiger partial charge in [-0.25, -0.2) is 0 Å². The molecule has 0 unspecified atom stereocenters. The molecule has 2 heterocycles. The molecular weight excluding hydrogens is 514 g/mol. The molecule has 2 saturated heterocycles. The zero-order chi connectivity index (χ0) is 24.5. The van der Waals surface area contributed by atoms with E-state index in [0.29, 0.717) is 17.0 Å². The van der Waals surface area contributed by atoms with Crippen LogP contribution in [0, 0.1) is 11.8 Å². The van der Waals surface area contributed by atoms with Crippen LogP contribution in [0.15, 0.2) is 77.3 Å². The molecule has 0 bridgehead atoms. The molecule has 0 amide bonds. The number of anilines is 1. The third-order valence-electron chi connectivity index (χ3n) is 7.19. The Kier molecular flexibility index (Phi) is 4.73. The fraction of sp³-hybridized carbons (Fsp3) is 0.185. The summed E-state index contributed by atoms with van der Waals surface area (Å²) in [6.07, 6.45) is 0. The van der Waals surface area contributed by atoms with Gasteiger partial charge in [0.1, 0.15) is 11.7 Å². The van der Waals surface area contributed by atoms with Gasteiger partial charge in [-0.2, -0.15) is 0 Å². The fourth-order valence-corrected chi connectivity index (χ4v) is 6.08. The summed E-state index contributed by atoms with van der Waals surface area (Å²) in [4.78, 5) is 56.3. The SMILES string of the molecule is COc1cccc(N2[C@H](c3ccc(Br)cc3)[C@@H]3C(=O)OC(=O)[C@@H]3C23C(=O)c2ccccc2C3=O)c1. The minimum atomic E-state index is -1.96. The average Bonchev–Trinajstić information content (AvgIpc) is 3.43. The lowest BCUT2D eigenvalue weighted by molar-refractivity contribution is -0.154. The van der Waals surface area contributed by atoms with Crippen molar-refractivity contribution < 1.29 is 28.7 Å². The molecule has 174 valence electrons. The van der Waals surface area contributed by atoms with Crippen molar-refractivity contribution in [3.05, 3.63) is 94.0 Å². The van der Waals surface area contributed by atoms with Crippen molar-refractivity contribution in [3.63, 3.8) is 0 Å². The summed E-state index contributed by atoms with van der Waals surface area (Å²) >= 11 is 3.43. The summed E-state index contributed by atoms with van der Waals surface area (Å²) in [5.41, 5.74) is -0.338. The molecule has 0 N–H and O–H groups in total. The highest BCUT2D eigenvalue weighted by Gasteiger charge is 2.76. The van der Waals surface area contributed by atoms with Gasteiger partial charge in [0, 0.05) is 27.4 Å². The van der Waals surface area contributed by atoms with E-state index in [9.17, 15) is 19.2 Å². The second-order valence-electron chi connectivity index (χ2n) is 8.78. The number of carbonyl (C=O) groups excluding carboxylic acids is 4. The van der Waals surface area contributed by atoms with E-state index in [0.717, 1.165) is 4.47 Å². The van der Waals surface area contributed by atoms with E-state index in [1.807, 2.05) is 24.3 Å². The molecule has 7 nitrogen and oxygen atoms in total. The number of nitrogens with zero attached hydrogens (tertiary/aromatic N) is 1. The van der Waals surface area contributed by atoms with Gasteiger partial charge in [0.05, 0.1) is 19.1 Å². The van der Waals surface area contributed by atoms with Crippen molar-refractivity contribution >= 4 is 45.1 Å². The molecule has 1 aliphatic carbocycles. The maximum Gasteiger partial charge on any atom is 0.320 e. The summed E-state index contributed by atoms with van der Waals surface area (Å²) in [7, 11) is 1.52. The number of benzene rings is 3. The number of cyclic esters (lactones) is 2. The summed E-state index contributed by atoms with van der Waals surface area (Å²) in [5.74, 6) is -4.45. The molecule has 1 spiro atoms. The van der Waals surface area contributed by atoms with E-state index in [2.05, 4.69) is 15.9 Å². The van der Waals surface area contributed by atoms with Crippen LogP contribution in [0.5, 0.6) is 5.75 Å². The summed E-state index contributed by atoms with van der Waals surface area (Å²) in [6, 6.07) is 19.9. The van der Waals surface area contributed by atoms with Crippen LogP contribution in [0.2, 0.25) is 0 Å². The topological polar surface area (TPSA) is 90.0 Å². The predicted octanol–water partition coefficient (Wildman–Crippen LogP) is 4.15. The molecule has 3 aromatic rings. The number of hydrogen-bond acceptors (Lipinski definition) is 7. The standard InChI is InChI=1S/C27H18BrNO6/c1-34-17-6-4-5-16(13-17)29-22(14-9-11-15(28)12-10-14)20-21(26(33)35-25(20)32)27(29)23(30)18-7-2-3-8-19(18)24(27)31/h2-13,20-22H,1H3/t20-,21-,22-/m1/s1. The Hall–Kier alpha value is -3.78. The Balaban J connectivity index is 1.69. The van der Waals surface area contributed by atoms with Crippen molar-refractivity contribution in [1.82, 2.24) is 0 Å². The number of fused-ring (bicyclic) bond motifs is 3. The number of ketones is 2. The normalized spacial score (nSPS) is 24.1. The van der Waals surface area contributed by atoms with Gasteiger partial charge in [0.2, 0.25) is 0 Å². The highest BCUT2D eigenvalue weighted by atomic mass is 79.9. The van der Waals surface area contributed by atoms with Gasteiger partial charge < -0.3 is 14.4 Å². The van der Waals surface area contributed by atoms with Crippen molar-refractivity contribution in [3.8, 4) is 5.75 Å². The van der Waals surface area contributed by atoms with Crippen molar-refractivity contribution in [1.29, 1.82) is 0 Å². The average molecular weight is 532 g/mol. The molecule has 3 aliphatic rings. The molecule has 35 heavy (non-hydrogen) atoms. The number of Topliss-reactive ketones (excluding diaryl/α,β-unsaturated/α-hetero) is 2. The molecule has 6 rings (SSSR count). The van der Waals surface area contributed by atoms with Crippen LogP contribution < -0.4 is 9.64 Å². The molecule has 2 aliphatic heterocycles. The molecule has 8 heteroatoms. The second kappa shape index (κ2) is 7.61. The second-order valence-corrected chi connectivity index (χ2v) is 9.70. The van der Waals surface area contributed by atoms with Gasteiger partial charge in [0.25, 0.3) is 0 Å². The number of rotatable bonds is 3. The third-order valence-corrected chi connectivity index (χ3v) is 7.72.